The highest BCUT2D eigenvalue weighted by Crippen LogP contribution is 2.62. The minimum absolute atomic E-state index is 0.112. The number of aromatic nitrogens is 2. The van der Waals surface area contributed by atoms with E-state index in [1.165, 1.54) is 0 Å². The van der Waals surface area contributed by atoms with E-state index >= 15 is 0 Å². The van der Waals surface area contributed by atoms with Crippen molar-refractivity contribution in [3.8, 4) is 0 Å². The number of aryl methyl sites for hydroxylation is 1. The molecule has 4 aliphatic carbocycles. The molecule has 26 heavy (non-hydrogen) atoms. The molecule has 0 aromatic carbocycles. The number of amides is 1. The number of carbonyl (C=O) groups excluding carboxylic acids is 2. The Bertz CT molecular complexity index is 724. The highest BCUT2D eigenvalue weighted by molar-refractivity contribution is 5.95. The summed E-state index contributed by atoms with van der Waals surface area (Å²) in [7, 11) is 3.89. The third-order valence-electron chi connectivity index (χ3n) is 7.42. The Morgan fingerprint density at radius 2 is 1.96 bits per heavy atom. The van der Waals surface area contributed by atoms with Crippen LogP contribution in [-0.2, 0) is 11.8 Å². The van der Waals surface area contributed by atoms with Gasteiger partial charge in [-0.3, -0.25) is 14.3 Å². The molecule has 0 saturated heterocycles. The van der Waals surface area contributed by atoms with Gasteiger partial charge in [0.05, 0.1) is 0 Å². The Morgan fingerprint density at radius 3 is 2.54 bits per heavy atom. The molecule has 142 valence electrons. The van der Waals surface area contributed by atoms with Gasteiger partial charge in [-0.25, -0.2) is 0 Å². The summed E-state index contributed by atoms with van der Waals surface area (Å²) < 4.78 is 1.79. The molecule has 1 aromatic rings. The minimum Gasteiger partial charge on any atom is -0.369 e. The van der Waals surface area contributed by atoms with Gasteiger partial charge in [-0.1, -0.05) is 0 Å². The van der Waals surface area contributed by atoms with Gasteiger partial charge in [0.15, 0.2) is 5.78 Å². The Morgan fingerprint density at radius 1 is 1.31 bits per heavy atom. The Balaban J connectivity index is 1.50. The van der Waals surface area contributed by atoms with Crippen LogP contribution in [0.5, 0.6) is 0 Å². The monoisotopic (exact) mass is 358 g/mol. The van der Waals surface area contributed by atoms with Crippen molar-refractivity contribution < 1.29 is 9.59 Å². The molecule has 1 heterocycles. The van der Waals surface area contributed by atoms with Crippen LogP contribution in [0.2, 0.25) is 0 Å². The first-order valence-corrected chi connectivity index (χ1v) is 9.91. The number of ketones is 1. The van der Waals surface area contributed by atoms with Gasteiger partial charge in [-0.15, -0.1) is 0 Å². The van der Waals surface area contributed by atoms with Crippen molar-refractivity contribution in [2.24, 2.45) is 41.9 Å². The lowest BCUT2D eigenvalue weighted by Gasteiger charge is -2.58. The van der Waals surface area contributed by atoms with Crippen molar-refractivity contribution in [3.05, 3.63) is 11.8 Å². The molecule has 2 unspecified atom stereocenters. The van der Waals surface area contributed by atoms with Gasteiger partial charge in [-0.2, -0.15) is 5.10 Å². The van der Waals surface area contributed by atoms with E-state index in [0.29, 0.717) is 35.8 Å². The number of primary amides is 1. The van der Waals surface area contributed by atoms with Crippen LogP contribution in [0.3, 0.4) is 0 Å². The highest BCUT2D eigenvalue weighted by Gasteiger charge is 2.57. The standard InChI is InChI=1S/C20H30N4O2/c1-4-23(2)18-8-16(22-24(18)3)17(25)7-15-13-5-12-6-14(15)11-20(9-12,10-13)19(21)26/h8,12-15H,4-7,9-11H2,1-3H3,(H2,21,26). The molecule has 0 radical (unpaired) electrons. The molecule has 1 amide bonds. The average Bonchev–Trinajstić information content (AvgIpc) is 2.98. The van der Waals surface area contributed by atoms with Crippen molar-refractivity contribution >= 4 is 17.5 Å². The average molecular weight is 358 g/mol. The minimum atomic E-state index is -0.280. The number of hydrogen-bond acceptors (Lipinski definition) is 4. The Labute approximate surface area is 155 Å². The molecule has 4 saturated carbocycles. The normalized spacial score (nSPS) is 34.9. The van der Waals surface area contributed by atoms with Gasteiger partial charge >= 0.3 is 0 Å². The molecule has 2 atom stereocenters. The predicted octanol–water partition coefficient (Wildman–Crippen LogP) is 2.38. The quantitative estimate of drug-likeness (QED) is 0.792. The van der Waals surface area contributed by atoms with Crippen LogP contribution in [0, 0.1) is 29.1 Å². The smallest absolute Gasteiger partial charge is 0.223 e. The molecule has 0 spiro atoms. The van der Waals surface area contributed by atoms with E-state index in [2.05, 4.69) is 16.9 Å². The highest BCUT2D eigenvalue weighted by atomic mass is 16.1. The lowest BCUT2D eigenvalue weighted by Crippen LogP contribution is -2.56. The van der Waals surface area contributed by atoms with Crippen LogP contribution >= 0.6 is 0 Å². The number of nitrogens with zero attached hydrogens (tertiary/aromatic N) is 3. The second kappa shape index (κ2) is 6.10. The molecular weight excluding hydrogens is 328 g/mol. The van der Waals surface area contributed by atoms with Crippen molar-refractivity contribution in [1.29, 1.82) is 0 Å². The fourth-order valence-corrected chi connectivity index (χ4v) is 6.20. The third kappa shape index (κ3) is 2.65. The van der Waals surface area contributed by atoms with E-state index in [1.54, 1.807) is 4.68 Å². The van der Waals surface area contributed by atoms with Crippen LogP contribution in [0.1, 0.15) is 55.9 Å². The summed E-state index contributed by atoms with van der Waals surface area (Å²) in [5.41, 5.74) is 6.06. The van der Waals surface area contributed by atoms with Crippen LogP contribution in [-0.4, -0.2) is 35.1 Å². The van der Waals surface area contributed by atoms with E-state index in [0.717, 1.165) is 44.5 Å². The summed E-state index contributed by atoms with van der Waals surface area (Å²) in [6.07, 6.45) is 5.63. The molecule has 6 heteroatoms. The zero-order chi connectivity index (χ0) is 18.6. The fraction of sp³-hybridized carbons (Fsp3) is 0.750. The predicted molar refractivity (Wildman–Crippen MR) is 99.8 cm³/mol. The summed E-state index contributed by atoms with van der Waals surface area (Å²) in [5.74, 6) is 2.96. The second-order valence-electron chi connectivity index (χ2n) is 8.93. The van der Waals surface area contributed by atoms with E-state index < -0.39 is 0 Å². The number of hydrogen-bond donors (Lipinski definition) is 1. The lowest BCUT2D eigenvalue weighted by molar-refractivity contribution is -0.149. The van der Waals surface area contributed by atoms with E-state index in [-0.39, 0.29) is 17.1 Å². The number of Topliss-reactive ketones (excluding diaryl/α,β-unsaturated/α-hetero) is 1. The topological polar surface area (TPSA) is 81.2 Å². The SMILES string of the molecule is CCN(C)c1cc(C(=O)CC2C3CC4CC2CC(C(N)=O)(C4)C3)nn1C. The van der Waals surface area contributed by atoms with Crippen molar-refractivity contribution in [2.45, 2.75) is 45.4 Å². The van der Waals surface area contributed by atoms with Crippen LogP contribution < -0.4 is 10.6 Å². The molecule has 1 aromatic heterocycles. The Hall–Kier alpha value is -1.85. The van der Waals surface area contributed by atoms with E-state index in [1.807, 2.05) is 20.2 Å². The van der Waals surface area contributed by atoms with Gasteiger partial charge in [0.1, 0.15) is 11.5 Å². The van der Waals surface area contributed by atoms with Gasteiger partial charge < -0.3 is 10.6 Å². The number of nitrogens with two attached hydrogens (primary N) is 1. The third-order valence-corrected chi connectivity index (χ3v) is 7.42. The lowest BCUT2D eigenvalue weighted by atomic mass is 9.45. The van der Waals surface area contributed by atoms with Crippen molar-refractivity contribution in [3.63, 3.8) is 0 Å². The molecule has 4 fully saturated rings. The maximum atomic E-state index is 12.9. The summed E-state index contributed by atoms with van der Waals surface area (Å²) >= 11 is 0. The largest absolute Gasteiger partial charge is 0.369 e. The first-order chi connectivity index (χ1) is 12.3. The van der Waals surface area contributed by atoms with Gasteiger partial charge in [0, 0.05) is 38.5 Å². The fourth-order valence-electron chi connectivity index (χ4n) is 6.20. The summed E-state index contributed by atoms with van der Waals surface area (Å²) in [6, 6.07) is 1.91. The molecule has 4 aliphatic rings. The second-order valence-corrected chi connectivity index (χ2v) is 8.93. The molecule has 4 bridgehead atoms. The van der Waals surface area contributed by atoms with Gasteiger partial charge in [-0.05, 0) is 62.7 Å². The first-order valence-electron chi connectivity index (χ1n) is 9.91. The van der Waals surface area contributed by atoms with Crippen LogP contribution in [0.25, 0.3) is 0 Å². The zero-order valence-corrected chi connectivity index (χ0v) is 16.1. The van der Waals surface area contributed by atoms with Crippen molar-refractivity contribution in [2.75, 3.05) is 18.5 Å². The number of anilines is 1. The summed E-state index contributed by atoms with van der Waals surface area (Å²) in [6.45, 7) is 2.95. The van der Waals surface area contributed by atoms with E-state index in [9.17, 15) is 9.59 Å². The van der Waals surface area contributed by atoms with Crippen molar-refractivity contribution in [1.82, 2.24) is 9.78 Å². The van der Waals surface area contributed by atoms with Gasteiger partial charge in [0.25, 0.3) is 0 Å². The van der Waals surface area contributed by atoms with Crippen LogP contribution in [0.4, 0.5) is 5.82 Å². The number of rotatable bonds is 6. The maximum absolute atomic E-state index is 12.9. The van der Waals surface area contributed by atoms with Crippen LogP contribution in [0.15, 0.2) is 6.07 Å². The molecule has 6 nitrogen and oxygen atoms in total. The molecule has 5 rings (SSSR count). The molecular formula is C20H30N4O2. The first kappa shape index (κ1) is 17.6. The maximum Gasteiger partial charge on any atom is 0.223 e. The Kier molecular flexibility index (Phi) is 4.12. The summed E-state index contributed by atoms with van der Waals surface area (Å²) in [4.78, 5) is 27.1. The summed E-state index contributed by atoms with van der Waals surface area (Å²) in [5, 5.41) is 4.46. The number of carbonyl (C=O) groups is 2. The zero-order valence-electron chi connectivity index (χ0n) is 16.1. The molecule has 2 N–H and O–H groups in total. The van der Waals surface area contributed by atoms with Gasteiger partial charge in [0.2, 0.25) is 5.91 Å². The van der Waals surface area contributed by atoms with E-state index in [4.69, 9.17) is 5.73 Å². The molecule has 0 aliphatic heterocycles.